The molecule has 0 spiro atoms. The van der Waals surface area contributed by atoms with Crippen molar-refractivity contribution >= 4 is 17.4 Å². The summed E-state index contributed by atoms with van der Waals surface area (Å²) >= 11 is 0. The number of nitrogens with one attached hydrogen (secondary N) is 1. The predicted octanol–water partition coefficient (Wildman–Crippen LogP) is 3.11. The summed E-state index contributed by atoms with van der Waals surface area (Å²) in [5.41, 5.74) is 4.48. The number of pyridine rings is 1. The first kappa shape index (κ1) is 17.4. The molecule has 2 aromatic rings. The molecular formula is C20H25N3O2. The van der Waals surface area contributed by atoms with Crippen LogP contribution in [0.4, 0.5) is 11.5 Å². The Hall–Kier alpha value is -2.40. The fourth-order valence-corrected chi connectivity index (χ4v) is 3.11. The summed E-state index contributed by atoms with van der Waals surface area (Å²) in [6.45, 7) is 7.15. The molecular weight excluding hydrogens is 314 g/mol. The van der Waals surface area contributed by atoms with Gasteiger partial charge in [0, 0.05) is 25.7 Å². The first-order valence-corrected chi connectivity index (χ1v) is 8.77. The van der Waals surface area contributed by atoms with E-state index in [4.69, 9.17) is 4.74 Å². The van der Waals surface area contributed by atoms with Crippen molar-refractivity contribution in [3.05, 3.63) is 53.2 Å². The molecule has 2 heterocycles. The molecule has 0 radical (unpaired) electrons. The van der Waals surface area contributed by atoms with Crippen molar-refractivity contribution in [1.29, 1.82) is 0 Å². The van der Waals surface area contributed by atoms with Crippen LogP contribution in [-0.4, -0.2) is 37.2 Å². The topological polar surface area (TPSA) is 54.5 Å². The summed E-state index contributed by atoms with van der Waals surface area (Å²) in [6, 6.07) is 10.1. The molecule has 5 heteroatoms. The minimum absolute atomic E-state index is 0.0162. The van der Waals surface area contributed by atoms with Crippen LogP contribution in [0.3, 0.4) is 0 Å². The molecule has 1 fully saturated rings. The van der Waals surface area contributed by atoms with Gasteiger partial charge in [0.2, 0.25) is 5.91 Å². The number of anilines is 2. The summed E-state index contributed by atoms with van der Waals surface area (Å²) < 4.78 is 5.39. The lowest BCUT2D eigenvalue weighted by molar-refractivity contribution is -0.116. The van der Waals surface area contributed by atoms with Gasteiger partial charge in [-0.05, 0) is 43.5 Å². The van der Waals surface area contributed by atoms with Crippen molar-refractivity contribution in [2.24, 2.45) is 0 Å². The van der Waals surface area contributed by atoms with Gasteiger partial charge in [-0.3, -0.25) is 4.79 Å². The van der Waals surface area contributed by atoms with Crippen molar-refractivity contribution in [3.8, 4) is 0 Å². The lowest BCUT2D eigenvalue weighted by Gasteiger charge is -2.29. The number of rotatable bonds is 5. The first-order valence-electron chi connectivity index (χ1n) is 8.77. The van der Waals surface area contributed by atoms with E-state index in [9.17, 15) is 4.79 Å². The summed E-state index contributed by atoms with van der Waals surface area (Å²) in [4.78, 5) is 19.0. The van der Waals surface area contributed by atoms with Crippen LogP contribution in [0.25, 0.3) is 0 Å². The Morgan fingerprint density at radius 1 is 1.24 bits per heavy atom. The SMILES string of the molecule is Cc1ccc(CCC(=O)Nc2cccnc2N2CCOCC2)c(C)c1. The normalized spacial score (nSPS) is 14.4. The molecule has 3 rings (SSSR count). The fourth-order valence-electron chi connectivity index (χ4n) is 3.11. The molecule has 132 valence electrons. The number of carbonyl (C=O) groups excluding carboxylic acids is 1. The van der Waals surface area contributed by atoms with E-state index in [1.165, 1.54) is 16.7 Å². The second-order valence-corrected chi connectivity index (χ2v) is 6.45. The van der Waals surface area contributed by atoms with Crippen LogP contribution >= 0.6 is 0 Å². The standard InChI is InChI=1S/C20H25N3O2/c1-15-5-6-17(16(2)14-15)7-8-19(24)22-18-4-3-9-21-20(18)23-10-12-25-13-11-23/h3-6,9,14H,7-8,10-13H2,1-2H3,(H,22,24). The molecule has 0 saturated carbocycles. The van der Waals surface area contributed by atoms with Gasteiger partial charge in [0.15, 0.2) is 5.82 Å². The highest BCUT2D eigenvalue weighted by Crippen LogP contribution is 2.24. The Balaban J connectivity index is 1.63. The summed E-state index contributed by atoms with van der Waals surface area (Å²) in [6.07, 6.45) is 2.96. The molecule has 0 aliphatic carbocycles. The van der Waals surface area contributed by atoms with Crippen LogP contribution < -0.4 is 10.2 Å². The minimum atomic E-state index is 0.0162. The van der Waals surface area contributed by atoms with Crippen molar-refractivity contribution in [1.82, 2.24) is 4.98 Å². The Labute approximate surface area is 149 Å². The second kappa shape index (κ2) is 8.12. The zero-order valence-electron chi connectivity index (χ0n) is 14.9. The van der Waals surface area contributed by atoms with E-state index in [1.54, 1.807) is 6.20 Å². The third-order valence-electron chi connectivity index (χ3n) is 4.49. The maximum absolute atomic E-state index is 12.4. The van der Waals surface area contributed by atoms with Gasteiger partial charge in [0.25, 0.3) is 0 Å². The van der Waals surface area contributed by atoms with Gasteiger partial charge in [0.1, 0.15) is 0 Å². The number of benzene rings is 1. The number of nitrogens with zero attached hydrogens (tertiary/aromatic N) is 2. The highest BCUT2D eigenvalue weighted by atomic mass is 16.5. The van der Waals surface area contributed by atoms with E-state index in [-0.39, 0.29) is 5.91 Å². The van der Waals surface area contributed by atoms with Crippen LogP contribution in [0, 0.1) is 13.8 Å². The zero-order chi connectivity index (χ0) is 17.6. The third-order valence-corrected chi connectivity index (χ3v) is 4.49. The van der Waals surface area contributed by atoms with Gasteiger partial charge >= 0.3 is 0 Å². The number of hydrogen-bond donors (Lipinski definition) is 1. The Bertz CT molecular complexity index is 739. The van der Waals surface area contributed by atoms with Crippen molar-refractivity contribution in [2.45, 2.75) is 26.7 Å². The smallest absolute Gasteiger partial charge is 0.224 e. The van der Waals surface area contributed by atoms with E-state index < -0.39 is 0 Å². The van der Waals surface area contributed by atoms with Crippen LogP contribution in [0.2, 0.25) is 0 Å². The maximum Gasteiger partial charge on any atom is 0.224 e. The van der Waals surface area contributed by atoms with Crippen LogP contribution in [0.5, 0.6) is 0 Å². The van der Waals surface area contributed by atoms with Crippen molar-refractivity contribution < 1.29 is 9.53 Å². The summed E-state index contributed by atoms with van der Waals surface area (Å²) in [5, 5.41) is 3.02. The molecule has 1 aliphatic rings. The molecule has 5 nitrogen and oxygen atoms in total. The van der Waals surface area contributed by atoms with Gasteiger partial charge in [0.05, 0.1) is 18.9 Å². The molecule has 1 saturated heterocycles. The van der Waals surface area contributed by atoms with Gasteiger partial charge in [-0.15, -0.1) is 0 Å². The van der Waals surface area contributed by atoms with Gasteiger partial charge in [-0.1, -0.05) is 23.8 Å². The Morgan fingerprint density at radius 3 is 2.80 bits per heavy atom. The first-order chi connectivity index (χ1) is 12.1. The van der Waals surface area contributed by atoms with Crippen LogP contribution in [0.1, 0.15) is 23.1 Å². The predicted molar refractivity (Wildman–Crippen MR) is 100 cm³/mol. The van der Waals surface area contributed by atoms with Gasteiger partial charge < -0.3 is 15.0 Å². The molecule has 0 bridgehead atoms. The van der Waals surface area contributed by atoms with E-state index in [2.05, 4.69) is 47.2 Å². The van der Waals surface area contributed by atoms with Crippen molar-refractivity contribution in [3.63, 3.8) is 0 Å². The second-order valence-electron chi connectivity index (χ2n) is 6.45. The van der Waals surface area contributed by atoms with Crippen LogP contribution in [0.15, 0.2) is 36.5 Å². The lowest BCUT2D eigenvalue weighted by atomic mass is 10.0. The quantitative estimate of drug-likeness (QED) is 0.909. The summed E-state index contributed by atoms with van der Waals surface area (Å²) in [5.74, 6) is 0.841. The molecule has 25 heavy (non-hydrogen) atoms. The van der Waals surface area contributed by atoms with E-state index in [0.717, 1.165) is 31.0 Å². The number of aromatic nitrogens is 1. The number of carbonyl (C=O) groups is 1. The minimum Gasteiger partial charge on any atom is -0.378 e. The molecule has 1 aromatic heterocycles. The number of hydrogen-bond acceptors (Lipinski definition) is 4. The lowest BCUT2D eigenvalue weighted by Crippen LogP contribution is -2.37. The Kier molecular flexibility index (Phi) is 5.66. The Morgan fingerprint density at radius 2 is 2.04 bits per heavy atom. The highest BCUT2D eigenvalue weighted by molar-refractivity contribution is 5.93. The number of ether oxygens (including phenoxy) is 1. The zero-order valence-corrected chi connectivity index (χ0v) is 14.9. The molecule has 1 aliphatic heterocycles. The molecule has 1 amide bonds. The molecule has 0 atom stereocenters. The molecule has 1 N–H and O–H groups in total. The van der Waals surface area contributed by atoms with Crippen molar-refractivity contribution in [2.75, 3.05) is 36.5 Å². The number of aryl methyl sites for hydroxylation is 3. The molecule has 1 aromatic carbocycles. The third kappa shape index (κ3) is 4.57. The largest absolute Gasteiger partial charge is 0.378 e. The average Bonchev–Trinajstić information content (AvgIpc) is 2.62. The van der Waals surface area contributed by atoms with Crippen LogP contribution in [-0.2, 0) is 16.0 Å². The van der Waals surface area contributed by atoms with E-state index >= 15 is 0 Å². The average molecular weight is 339 g/mol. The summed E-state index contributed by atoms with van der Waals surface area (Å²) in [7, 11) is 0. The number of amides is 1. The highest BCUT2D eigenvalue weighted by Gasteiger charge is 2.17. The van der Waals surface area contributed by atoms with E-state index in [0.29, 0.717) is 19.6 Å². The number of morpholine rings is 1. The maximum atomic E-state index is 12.4. The molecule has 0 unspecified atom stereocenters. The van der Waals surface area contributed by atoms with Gasteiger partial charge in [-0.2, -0.15) is 0 Å². The van der Waals surface area contributed by atoms with E-state index in [1.807, 2.05) is 12.1 Å². The van der Waals surface area contributed by atoms with Gasteiger partial charge in [-0.25, -0.2) is 4.98 Å². The fraction of sp³-hybridized carbons (Fsp3) is 0.400. The monoisotopic (exact) mass is 339 g/mol.